The summed E-state index contributed by atoms with van der Waals surface area (Å²) in [5.74, 6) is -1.07. The van der Waals surface area contributed by atoms with Crippen LogP contribution in [0.15, 0.2) is 12.4 Å². The predicted molar refractivity (Wildman–Crippen MR) is 62.2 cm³/mol. The molecule has 0 aromatic carbocycles. The fourth-order valence-electron chi connectivity index (χ4n) is 1.73. The lowest BCUT2D eigenvalue weighted by Crippen LogP contribution is -2.23. The molecular weight excluding hydrogens is 236 g/mol. The van der Waals surface area contributed by atoms with Crippen LogP contribution in [0.4, 0.5) is 0 Å². The molecule has 0 spiro atoms. The number of aromatic carboxylic acids is 1. The van der Waals surface area contributed by atoms with Gasteiger partial charge in [-0.05, 0) is 19.3 Å². The predicted octanol–water partition coefficient (Wildman–Crippen LogP) is 1.26. The van der Waals surface area contributed by atoms with E-state index in [-0.39, 0.29) is 12.0 Å². The highest BCUT2D eigenvalue weighted by Crippen LogP contribution is 2.13. The summed E-state index contributed by atoms with van der Waals surface area (Å²) in [6.45, 7) is 1.27. The summed E-state index contributed by atoms with van der Waals surface area (Å²) in [6.07, 6.45) is 6.39. The van der Waals surface area contributed by atoms with Crippen LogP contribution in [0.2, 0.25) is 0 Å². The lowest BCUT2D eigenvalue weighted by Gasteiger charge is -2.22. The molecule has 1 saturated heterocycles. The van der Waals surface area contributed by atoms with Crippen molar-refractivity contribution in [3.05, 3.63) is 23.8 Å². The van der Waals surface area contributed by atoms with Gasteiger partial charge >= 0.3 is 5.97 Å². The minimum atomic E-state index is -1.07. The van der Waals surface area contributed by atoms with Crippen LogP contribution in [0.5, 0.6) is 0 Å². The number of rotatable bonds is 5. The van der Waals surface area contributed by atoms with Crippen molar-refractivity contribution in [2.24, 2.45) is 0 Å². The fraction of sp³-hybridized carbons (Fsp3) is 0.583. The highest BCUT2D eigenvalue weighted by Gasteiger charge is 2.13. The monoisotopic (exact) mass is 252 g/mol. The lowest BCUT2D eigenvalue weighted by molar-refractivity contribution is -0.161. The number of aromatic nitrogens is 2. The molecule has 6 heteroatoms. The van der Waals surface area contributed by atoms with Gasteiger partial charge in [-0.1, -0.05) is 0 Å². The van der Waals surface area contributed by atoms with E-state index < -0.39 is 5.97 Å². The number of carboxylic acids is 1. The van der Waals surface area contributed by atoms with Crippen LogP contribution in [0, 0.1) is 0 Å². The van der Waals surface area contributed by atoms with Gasteiger partial charge in [0.25, 0.3) is 0 Å². The van der Waals surface area contributed by atoms with Crippen LogP contribution in [-0.2, 0) is 15.9 Å². The van der Waals surface area contributed by atoms with E-state index in [0.717, 1.165) is 31.6 Å². The van der Waals surface area contributed by atoms with Crippen molar-refractivity contribution in [3.63, 3.8) is 0 Å². The molecule has 6 nitrogen and oxygen atoms in total. The molecule has 1 unspecified atom stereocenters. The fourth-order valence-corrected chi connectivity index (χ4v) is 1.73. The van der Waals surface area contributed by atoms with Crippen molar-refractivity contribution >= 4 is 5.97 Å². The third-order valence-corrected chi connectivity index (χ3v) is 2.72. The molecule has 1 N–H and O–H groups in total. The van der Waals surface area contributed by atoms with Crippen LogP contribution in [0.1, 0.15) is 35.4 Å². The summed E-state index contributed by atoms with van der Waals surface area (Å²) in [6, 6.07) is 0. The zero-order valence-corrected chi connectivity index (χ0v) is 10.0. The molecule has 1 aliphatic rings. The maximum absolute atomic E-state index is 10.6. The smallest absolute Gasteiger partial charge is 0.356 e. The van der Waals surface area contributed by atoms with E-state index in [4.69, 9.17) is 14.6 Å². The Morgan fingerprint density at radius 3 is 2.94 bits per heavy atom. The standard InChI is InChI=1S/C12H16N2O4/c15-12(16)10-8-13-9(7-14-10)4-6-18-11-3-1-2-5-17-11/h7-8,11H,1-6H2,(H,15,16). The van der Waals surface area contributed by atoms with Crippen molar-refractivity contribution in [1.29, 1.82) is 0 Å². The third kappa shape index (κ3) is 3.75. The molecular formula is C12H16N2O4. The van der Waals surface area contributed by atoms with Gasteiger partial charge < -0.3 is 14.6 Å². The van der Waals surface area contributed by atoms with Crippen molar-refractivity contribution in [3.8, 4) is 0 Å². The Morgan fingerprint density at radius 1 is 1.44 bits per heavy atom. The molecule has 0 aliphatic carbocycles. The van der Waals surface area contributed by atoms with Crippen LogP contribution in [0.3, 0.4) is 0 Å². The van der Waals surface area contributed by atoms with Crippen molar-refractivity contribution in [2.45, 2.75) is 32.0 Å². The van der Waals surface area contributed by atoms with Crippen LogP contribution in [0.25, 0.3) is 0 Å². The number of carbonyl (C=O) groups is 1. The molecule has 98 valence electrons. The number of nitrogens with zero attached hydrogens (tertiary/aromatic N) is 2. The Bertz CT molecular complexity index is 388. The molecule has 2 heterocycles. The average molecular weight is 252 g/mol. The average Bonchev–Trinajstić information content (AvgIpc) is 2.40. The Hall–Kier alpha value is -1.53. The molecule has 2 rings (SSSR count). The Kier molecular flexibility index (Phi) is 4.60. The van der Waals surface area contributed by atoms with Crippen LogP contribution < -0.4 is 0 Å². The second kappa shape index (κ2) is 6.42. The first kappa shape index (κ1) is 12.9. The quantitative estimate of drug-likeness (QED) is 0.849. The largest absolute Gasteiger partial charge is 0.476 e. The van der Waals surface area contributed by atoms with E-state index in [1.807, 2.05) is 0 Å². The summed E-state index contributed by atoms with van der Waals surface area (Å²) in [7, 11) is 0. The summed E-state index contributed by atoms with van der Waals surface area (Å²) in [5, 5.41) is 8.68. The zero-order valence-electron chi connectivity index (χ0n) is 10.0. The summed E-state index contributed by atoms with van der Waals surface area (Å²) in [5.41, 5.74) is 0.672. The first-order valence-corrected chi connectivity index (χ1v) is 6.03. The number of carboxylic acid groups (broad SMARTS) is 1. The lowest BCUT2D eigenvalue weighted by atomic mass is 10.2. The number of hydrogen-bond acceptors (Lipinski definition) is 5. The maximum Gasteiger partial charge on any atom is 0.356 e. The zero-order chi connectivity index (χ0) is 12.8. The van der Waals surface area contributed by atoms with E-state index in [0.29, 0.717) is 13.0 Å². The van der Waals surface area contributed by atoms with Gasteiger partial charge in [-0.15, -0.1) is 0 Å². The van der Waals surface area contributed by atoms with E-state index in [1.54, 1.807) is 0 Å². The van der Waals surface area contributed by atoms with Crippen LogP contribution >= 0.6 is 0 Å². The van der Waals surface area contributed by atoms with E-state index >= 15 is 0 Å². The van der Waals surface area contributed by atoms with E-state index in [1.165, 1.54) is 12.4 Å². The van der Waals surface area contributed by atoms with Crippen molar-refractivity contribution in [2.75, 3.05) is 13.2 Å². The molecule has 1 aliphatic heterocycles. The molecule has 0 amide bonds. The van der Waals surface area contributed by atoms with Gasteiger partial charge in [0.2, 0.25) is 0 Å². The first-order valence-electron chi connectivity index (χ1n) is 6.03. The topological polar surface area (TPSA) is 81.5 Å². The Balaban J connectivity index is 1.74. The second-order valence-electron chi connectivity index (χ2n) is 4.12. The highest BCUT2D eigenvalue weighted by atomic mass is 16.7. The van der Waals surface area contributed by atoms with Gasteiger partial charge in [-0.25, -0.2) is 9.78 Å². The number of ether oxygens (including phenoxy) is 2. The molecule has 18 heavy (non-hydrogen) atoms. The normalized spacial score (nSPS) is 19.7. The van der Waals surface area contributed by atoms with Gasteiger partial charge in [0.1, 0.15) is 0 Å². The molecule has 1 fully saturated rings. The highest BCUT2D eigenvalue weighted by molar-refractivity contribution is 5.84. The van der Waals surface area contributed by atoms with Crippen molar-refractivity contribution in [1.82, 2.24) is 9.97 Å². The third-order valence-electron chi connectivity index (χ3n) is 2.72. The molecule has 1 aromatic rings. The molecule has 1 atom stereocenters. The van der Waals surface area contributed by atoms with Gasteiger partial charge in [-0.3, -0.25) is 4.98 Å². The van der Waals surface area contributed by atoms with Gasteiger partial charge in [0, 0.05) is 19.2 Å². The Morgan fingerprint density at radius 2 is 2.33 bits per heavy atom. The van der Waals surface area contributed by atoms with Gasteiger partial charge in [0.05, 0.1) is 18.5 Å². The summed E-state index contributed by atoms with van der Waals surface area (Å²) < 4.78 is 11.0. The SMILES string of the molecule is O=C(O)c1cnc(CCOC2CCCCO2)cn1. The summed E-state index contributed by atoms with van der Waals surface area (Å²) in [4.78, 5) is 18.4. The molecule has 0 saturated carbocycles. The first-order chi connectivity index (χ1) is 8.75. The maximum atomic E-state index is 10.6. The molecule has 1 aromatic heterocycles. The van der Waals surface area contributed by atoms with Gasteiger partial charge in [0.15, 0.2) is 12.0 Å². The van der Waals surface area contributed by atoms with Crippen LogP contribution in [-0.4, -0.2) is 40.5 Å². The van der Waals surface area contributed by atoms with E-state index in [2.05, 4.69) is 9.97 Å². The minimum absolute atomic E-state index is 0.0460. The van der Waals surface area contributed by atoms with Gasteiger partial charge in [-0.2, -0.15) is 0 Å². The minimum Gasteiger partial charge on any atom is -0.476 e. The second-order valence-corrected chi connectivity index (χ2v) is 4.12. The van der Waals surface area contributed by atoms with Crippen molar-refractivity contribution < 1.29 is 19.4 Å². The van der Waals surface area contributed by atoms with E-state index in [9.17, 15) is 4.79 Å². The Labute approximate surface area is 105 Å². The molecule has 0 radical (unpaired) electrons. The molecule has 0 bridgehead atoms. The summed E-state index contributed by atoms with van der Waals surface area (Å²) >= 11 is 0. The number of hydrogen-bond donors (Lipinski definition) is 1.